The summed E-state index contributed by atoms with van der Waals surface area (Å²) in [7, 11) is 0. The highest BCUT2D eigenvalue weighted by Crippen LogP contribution is 2.72. The van der Waals surface area contributed by atoms with Crippen molar-refractivity contribution in [1.29, 1.82) is 5.26 Å². The van der Waals surface area contributed by atoms with Crippen LogP contribution >= 0.6 is 0 Å². The van der Waals surface area contributed by atoms with Crippen molar-refractivity contribution in [2.45, 2.75) is 44.2 Å². The predicted octanol–water partition coefficient (Wildman–Crippen LogP) is 10.2. The predicted molar refractivity (Wildman–Crippen MR) is 144 cm³/mol. The first-order valence-electron chi connectivity index (χ1n) is 15.4. The molecule has 4 fully saturated rings. The van der Waals surface area contributed by atoms with Gasteiger partial charge in [0.2, 0.25) is 0 Å². The molecule has 4 saturated carbocycles. The second kappa shape index (κ2) is 12.9. The minimum absolute atomic E-state index is 0.303. The lowest BCUT2D eigenvalue weighted by Gasteiger charge is -2.52. The Morgan fingerprint density at radius 3 is 1.71 bits per heavy atom. The zero-order valence-corrected chi connectivity index (χ0v) is 25.6. The summed E-state index contributed by atoms with van der Waals surface area (Å²) >= 11 is 0. The van der Waals surface area contributed by atoms with E-state index < -0.39 is 171 Å². The van der Waals surface area contributed by atoms with E-state index in [9.17, 15) is 44.8 Å². The molecule has 0 amide bonds. The van der Waals surface area contributed by atoms with Gasteiger partial charge in [-0.25, -0.2) is 35.1 Å². The molecular formula is C33H22F15N3. The smallest absolute Gasteiger partial charge is 0.215 e. The SMILES string of the molecule is CC1CC2C3CC(C(F)(F)F)C(c4c(F)c(F)nc(F)c4F)CC3C3C(C#N)C(=C(F)/C(F)=C/F)/C(=C/F)C(C1c1c(F)c(F)nc(F)c1F)C23. The van der Waals surface area contributed by atoms with Gasteiger partial charge in [-0.3, -0.25) is 0 Å². The van der Waals surface area contributed by atoms with Crippen molar-refractivity contribution in [1.82, 2.24) is 9.97 Å². The summed E-state index contributed by atoms with van der Waals surface area (Å²) in [6.45, 7) is 1.24. The third-order valence-electron chi connectivity index (χ3n) is 11.5. The van der Waals surface area contributed by atoms with Crippen LogP contribution in [-0.4, -0.2) is 16.1 Å². The summed E-state index contributed by atoms with van der Waals surface area (Å²) in [4.78, 5) is 4.86. The number of hydrogen-bond donors (Lipinski definition) is 0. The lowest BCUT2D eigenvalue weighted by atomic mass is 9.51. The van der Waals surface area contributed by atoms with Crippen molar-refractivity contribution < 1.29 is 65.9 Å². The number of nitriles is 1. The lowest BCUT2D eigenvalue weighted by molar-refractivity contribution is -0.196. The van der Waals surface area contributed by atoms with Gasteiger partial charge in [0.15, 0.2) is 34.9 Å². The average molecular weight is 746 g/mol. The van der Waals surface area contributed by atoms with Crippen LogP contribution in [0, 0.1) is 112 Å². The van der Waals surface area contributed by atoms with Gasteiger partial charge < -0.3 is 0 Å². The second-order valence-corrected chi connectivity index (χ2v) is 13.5. The van der Waals surface area contributed by atoms with Crippen LogP contribution in [0.1, 0.15) is 49.1 Å². The number of fused-ring (bicyclic) bond motifs is 3. The number of aromatic nitrogens is 2. The molecule has 6 rings (SSSR count). The van der Waals surface area contributed by atoms with E-state index in [1.54, 1.807) is 6.07 Å². The Balaban J connectivity index is 1.63. The molecule has 0 bridgehead atoms. The summed E-state index contributed by atoms with van der Waals surface area (Å²) in [6, 6.07) is 1.62. The minimum atomic E-state index is -5.29. The third kappa shape index (κ3) is 5.42. The Morgan fingerprint density at radius 1 is 0.725 bits per heavy atom. The molecule has 0 N–H and O–H groups in total. The lowest BCUT2D eigenvalue weighted by Crippen LogP contribution is -2.47. The van der Waals surface area contributed by atoms with E-state index >= 15 is 26.3 Å². The van der Waals surface area contributed by atoms with Crippen LogP contribution in [0.2, 0.25) is 0 Å². The van der Waals surface area contributed by atoms with Gasteiger partial charge in [0.25, 0.3) is 23.8 Å². The average Bonchev–Trinajstić information content (AvgIpc) is 3.39. The molecule has 11 unspecified atom stereocenters. The molecule has 4 aliphatic rings. The molecule has 11 atom stereocenters. The largest absolute Gasteiger partial charge is 0.392 e. The molecular weight excluding hydrogens is 723 g/mol. The number of halogens is 15. The molecule has 0 aliphatic heterocycles. The van der Waals surface area contributed by atoms with Crippen LogP contribution in [0.5, 0.6) is 0 Å². The Kier molecular flexibility index (Phi) is 9.27. The first-order chi connectivity index (χ1) is 23.9. The van der Waals surface area contributed by atoms with Crippen LogP contribution in [-0.2, 0) is 0 Å². The van der Waals surface area contributed by atoms with Crippen LogP contribution in [0.15, 0.2) is 35.5 Å². The maximum absolute atomic E-state index is 15.8. The van der Waals surface area contributed by atoms with E-state index in [0.717, 1.165) is 0 Å². The van der Waals surface area contributed by atoms with Crippen molar-refractivity contribution >= 4 is 0 Å². The van der Waals surface area contributed by atoms with Gasteiger partial charge in [-0.15, -0.1) is 0 Å². The normalized spacial score (nSPS) is 35.4. The van der Waals surface area contributed by atoms with E-state index in [-0.39, 0.29) is 12.8 Å². The van der Waals surface area contributed by atoms with Gasteiger partial charge in [0.05, 0.1) is 24.2 Å². The van der Waals surface area contributed by atoms with Crippen molar-refractivity contribution in [2.24, 2.45) is 53.3 Å². The highest BCUT2D eigenvalue weighted by atomic mass is 19.4. The third-order valence-corrected chi connectivity index (χ3v) is 11.5. The zero-order valence-electron chi connectivity index (χ0n) is 25.6. The number of pyridine rings is 2. The number of nitrogens with zero attached hydrogens (tertiary/aromatic N) is 3. The number of rotatable bonds is 3. The summed E-state index contributed by atoms with van der Waals surface area (Å²) in [6.07, 6.45) is -8.91. The maximum atomic E-state index is 15.8. The number of alkyl halides is 3. The fourth-order valence-corrected chi connectivity index (χ4v) is 9.98. The number of hydrogen-bond acceptors (Lipinski definition) is 3. The molecule has 4 aliphatic carbocycles. The zero-order chi connectivity index (χ0) is 37.6. The second-order valence-electron chi connectivity index (χ2n) is 13.5. The Hall–Kier alpha value is -4.04. The standard InChI is InChI=1S/C33H22F15N3/c1-8-2-10-9-4-15(33(46,47)48)12(22-25(38)29(42)50-30(43)26(22)39)3-11(9)18-14(7-49)19(24(37)16(36)6-35)13(5-34)21(20(10)18)17(8)23-27(40)31(44)51-32(45)28(23)41/h5-6,8-12,14-15,17-18,20-21H,2-4H2,1H3/b13-5-,16-6-,24-19-. The molecule has 2 aromatic rings. The van der Waals surface area contributed by atoms with E-state index in [4.69, 9.17) is 0 Å². The topological polar surface area (TPSA) is 49.6 Å². The summed E-state index contributed by atoms with van der Waals surface area (Å²) in [5.74, 6) is -40.7. The van der Waals surface area contributed by atoms with E-state index in [0.29, 0.717) is 0 Å². The molecule has 0 radical (unpaired) electrons. The fraction of sp³-hybridized carbons (Fsp3) is 0.485. The van der Waals surface area contributed by atoms with E-state index in [1.165, 1.54) is 6.92 Å². The molecule has 18 heteroatoms. The quantitative estimate of drug-likeness (QED) is 0.232. The van der Waals surface area contributed by atoms with Gasteiger partial charge in [0.1, 0.15) is 6.33 Å². The Morgan fingerprint density at radius 2 is 1.24 bits per heavy atom. The maximum Gasteiger partial charge on any atom is 0.392 e. The monoisotopic (exact) mass is 745 g/mol. The first kappa shape index (κ1) is 36.7. The van der Waals surface area contributed by atoms with E-state index in [1.807, 2.05) is 0 Å². The highest BCUT2D eigenvalue weighted by molar-refractivity contribution is 5.50. The van der Waals surface area contributed by atoms with Crippen molar-refractivity contribution in [3.63, 3.8) is 0 Å². The van der Waals surface area contributed by atoms with Gasteiger partial charge in [0, 0.05) is 22.6 Å². The van der Waals surface area contributed by atoms with Gasteiger partial charge in [-0.1, -0.05) is 6.92 Å². The molecule has 0 spiro atoms. The number of allylic oxidation sites excluding steroid dienone is 4. The summed E-state index contributed by atoms with van der Waals surface area (Å²) in [5, 5.41) is 10.3. The fourth-order valence-electron chi connectivity index (χ4n) is 9.98. The molecule has 0 aromatic carbocycles. The molecule has 51 heavy (non-hydrogen) atoms. The van der Waals surface area contributed by atoms with E-state index in [2.05, 4.69) is 9.97 Å². The molecule has 274 valence electrons. The van der Waals surface area contributed by atoms with Crippen molar-refractivity contribution in [2.75, 3.05) is 0 Å². The van der Waals surface area contributed by atoms with Crippen molar-refractivity contribution in [3.05, 3.63) is 93.6 Å². The van der Waals surface area contributed by atoms with Crippen LogP contribution in [0.3, 0.4) is 0 Å². The van der Waals surface area contributed by atoms with Gasteiger partial charge in [-0.2, -0.15) is 46.0 Å². The van der Waals surface area contributed by atoms with Crippen LogP contribution in [0.25, 0.3) is 0 Å². The summed E-state index contributed by atoms with van der Waals surface area (Å²) < 4.78 is 221. The van der Waals surface area contributed by atoms with Crippen LogP contribution < -0.4 is 0 Å². The molecule has 2 heterocycles. The summed E-state index contributed by atoms with van der Waals surface area (Å²) in [5.41, 5.74) is -5.22. The molecule has 3 nitrogen and oxygen atoms in total. The molecule has 2 aromatic heterocycles. The Labute approximate surface area is 278 Å². The van der Waals surface area contributed by atoms with Crippen molar-refractivity contribution in [3.8, 4) is 6.07 Å². The molecule has 0 saturated heterocycles. The first-order valence-corrected chi connectivity index (χ1v) is 15.4. The highest BCUT2D eigenvalue weighted by Gasteiger charge is 2.67. The van der Waals surface area contributed by atoms with Gasteiger partial charge >= 0.3 is 6.18 Å². The minimum Gasteiger partial charge on any atom is -0.215 e. The van der Waals surface area contributed by atoms with Gasteiger partial charge in [-0.05, 0) is 72.2 Å². The Bertz CT molecular complexity index is 1860. The van der Waals surface area contributed by atoms with Crippen LogP contribution in [0.4, 0.5) is 65.9 Å².